The van der Waals surface area contributed by atoms with Crippen molar-refractivity contribution in [3.05, 3.63) is 16.1 Å². The Bertz CT molecular complexity index is 285. The maximum atomic E-state index is 9.96. The van der Waals surface area contributed by atoms with Crippen molar-refractivity contribution >= 4 is 11.3 Å². The summed E-state index contributed by atoms with van der Waals surface area (Å²) < 4.78 is 0. The molecule has 0 saturated carbocycles. The van der Waals surface area contributed by atoms with Crippen molar-refractivity contribution in [1.29, 1.82) is 0 Å². The molecule has 1 heterocycles. The van der Waals surface area contributed by atoms with Crippen LogP contribution in [0, 0.1) is 6.92 Å². The molecular formula is C13H23NOS. The molecule has 2 nitrogen and oxygen atoms in total. The van der Waals surface area contributed by atoms with Gasteiger partial charge in [0.2, 0.25) is 0 Å². The first kappa shape index (κ1) is 13.7. The molecule has 1 N–H and O–H groups in total. The lowest BCUT2D eigenvalue weighted by Crippen LogP contribution is -1.97. The van der Waals surface area contributed by atoms with E-state index in [2.05, 4.69) is 11.9 Å². The van der Waals surface area contributed by atoms with Crippen molar-refractivity contribution in [2.24, 2.45) is 0 Å². The van der Waals surface area contributed by atoms with Crippen molar-refractivity contribution in [2.45, 2.75) is 64.9 Å². The van der Waals surface area contributed by atoms with Gasteiger partial charge in [-0.2, -0.15) is 0 Å². The van der Waals surface area contributed by atoms with Crippen LogP contribution in [0.4, 0.5) is 0 Å². The molecule has 0 aromatic carbocycles. The average Bonchev–Trinajstić information content (AvgIpc) is 2.69. The van der Waals surface area contributed by atoms with Gasteiger partial charge >= 0.3 is 0 Å². The Labute approximate surface area is 103 Å². The average molecular weight is 241 g/mol. The largest absolute Gasteiger partial charge is 0.388 e. The highest BCUT2D eigenvalue weighted by atomic mass is 32.1. The van der Waals surface area contributed by atoms with Gasteiger partial charge in [-0.3, -0.25) is 0 Å². The van der Waals surface area contributed by atoms with Crippen LogP contribution in [0.15, 0.2) is 5.51 Å². The summed E-state index contributed by atoms with van der Waals surface area (Å²) in [6.45, 7) is 4.20. The fraction of sp³-hybridized carbons (Fsp3) is 0.769. The third-order valence-electron chi connectivity index (χ3n) is 2.92. The van der Waals surface area contributed by atoms with Crippen molar-refractivity contribution in [2.75, 3.05) is 0 Å². The maximum Gasteiger partial charge on any atom is 0.0900 e. The standard InChI is InChI=1S/C13H23NOS/c1-3-4-5-6-7-8-9-12(15)13-11(2)14-10-16-13/h10,12,15H,3-9H2,1-2H3. The van der Waals surface area contributed by atoms with E-state index in [0.717, 1.165) is 23.4 Å². The molecule has 1 unspecified atom stereocenters. The number of aliphatic hydroxyl groups excluding tert-OH is 1. The fourth-order valence-electron chi connectivity index (χ4n) is 1.88. The third kappa shape index (κ3) is 4.62. The van der Waals surface area contributed by atoms with Gasteiger partial charge in [0.15, 0.2) is 0 Å². The van der Waals surface area contributed by atoms with Crippen LogP contribution in [-0.4, -0.2) is 10.1 Å². The van der Waals surface area contributed by atoms with Gasteiger partial charge < -0.3 is 5.11 Å². The first-order valence-corrected chi connectivity index (χ1v) is 7.21. The topological polar surface area (TPSA) is 33.1 Å². The molecule has 1 aromatic heterocycles. The molecule has 0 fully saturated rings. The van der Waals surface area contributed by atoms with Gasteiger partial charge in [-0.25, -0.2) is 4.98 Å². The molecule has 0 aliphatic heterocycles. The van der Waals surface area contributed by atoms with E-state index in [0.29, 0.717) is 0 Å². The Balaban J connectivity index is 2.11. The normalized spacial score (nSPS) is 12.9. The van der Waals surface area contributed by atoms with Crippen molar-refractivity contribution in [3.63, 3.8) is 0 Å². The molecule has 92 valence electrons. The maximum absolute atomic E-state index is 9.96. The van der Waals surface area contributed by atoms with E-state index in [-0.39, 0.29) is 6.10 Å². The van der Waals surface area contributed by atoms with Gasteiger partial charge in [0.05, 0.1) is 22.2 Å². The lowest BCUT2D eigenvalue weighted by Gasteiger charge is -2.08. The summed E-state index contributed by atoms with van der Waals surface area (Å²) in [7, 11) is 0. The molecular weight excluding hydrogens is 218 g/mol. The summed E-state index contributed by atoms with van der Waals surface area (Å²) in [5.41, 5.74) is 2.80. The van der Waals surface area contributed by atoms with Crippen LogP contribution < -0.4 is 0 Å². The molecule has 1 rings (SSSR count). The number of thiazole rings is 1. The number of aliphatic hydroxyl groups is 1. The lowest BCUT2D eigenvalue weighted by molar-refractivity contribution is 0.166. The second-order valence-electron chi connectivity index (χ2n) is 4.37. The molecule has 0 spiro atoms. The molecule has 0 bridgehead atoms. The monoisotopic (exact) mass is 241 g/mol. The van der Waals surface area contributed by atoms with Crippen LogP contribution in [0.25, 0.3) is 0 Å². The molecule has 0 radical (unpaired) electrons. The Kier molecular flexibility index (Phi) is 6.65. The first-order valence-electron chi connectivity index (χ1n) is 6.33. The molecule has 16 heavy (non-hydrogen) atoms. The van der Waals surface area contributed by atoms with Gasteiger partial charge in [0.1, 0.15) is 0 Å². The van der Waals surface area contributed by atoms with Crippen molar-refractivity contribution in [1.82, 2.24) is 4.98 Å². The van der Waals surface area contributed by atoms with Gasteiger partial charge in [0, 0.05) is 0 Å². The van der Waals surface area contributed by atoms with E-state index in [1.54, 1.807) is 11.3 Å². The number of aryl methyl sites for hydroxylation is 1. The van der Waals surface area contributed by atoms with E-state index in [4.69, 9.17) is 0 Å². The van der Waals surface area contributed by atoms with Crippen LogP contribution in [0.2, 0.25) is 0 Å². The van der Waals surface area contributed by atoms with Crippen LogP contribution in [-0.2, 0) is 0 Å². The summed E-state index contributed by atoms with van der Waals surface area (Å²) in [4.78, 5) is 5.21. The van der Waals surface area contributed by atoms with E-state index in [1.165, 1.54) is 32.1 Å². The summed E-state index contributed by atoms with van der Waals surface area (Å²) >= 11 is 1.57. The van der Waals surface area contributed by atoms with Crippen LogP contribution in [0.3, 0.4) is 0 Å². The van der Waals surface area contributed by atoms with Crippen LogP contribution in [0.5, 0.6) is 0 Å². The molecule has 0 aliphatic rings. The highest BCUT2D eigenvalue weighted by Crippen LogP contribution is 2.26. The zero-order valence-corrected chi connectivity index (χ0v) is 11.2. The first-order chi connectivity index (χ1) is 7.75. The highest BCUT2D eigenvalue weighted by molar-refractivity contribution is 7.09. The number of unbranched alkanes of at least 4 members (excludes halogenated alkanes) is 5. The van der Waals surface area contributed by atoms with E-state index < -0.39 is 0 Å². The van der Waals surface area contributed by atoms with E-state index in [9.17, 15) is 5.11 Å². The second-order valence-corrected chi connectivity index (χ2v) is 5.26. The van der Waals surface area contributed by atoms with E-state index in [1.807, 2.05) is 12.4 Å². The minimum Gasteiger partial charge on any atom is -0.388 e. The van der Waals surface area contributed by atoms with Gasteiger partial charge in [0.25, 0.3) is 0 Å². The van der Waals surface area contributed by atoms with Crippen molar-refractivity contribution < 1.29 is 5.11 Å². The third-order valence-corrected chi connectivity index (χ3v) is 3.95. The second kappa shape index (κ2) is 7.80. The summed E-state index contributed by atoms with van der Waals surface area (Å²) in [6, 6.07) is 0. The summed E-state index contributed by atoms with van der Waals surface area (Å²) in [5.74, 6) is 0. The summed E-state index contributed by atoms with van der Waals surface area (Å²) in [6.07, 6.45) is 8.25. The smallest absolute Gasteiger partial charge is 0.0900 e. The molecule has 3 heteroatoms. The Hall–Kier alpha value is -0.410. The van der Waals surface area contributed by atoms with Crippen LogP contribution >= 0.6 is 11.3 Å². The zero-order chi connectivity index (χ0) is 11.8. The lowest BCUT2D eigenvalue weighted by atomic mass is 10.1. The Morgan fingerprint density at radius 3 is 2.56 bits per heavy atom. The predicted molar refractivity (Wildman–Crippen MR) is 69.8 cm³/mol. The minimum atomic E-state index is -0.293. The summed E-state index contributed by atoms with van der Waals surface area (Å²) in [5, 5.41) is 9.96. The number of hydrogen-bond donors (Lipinski definition) is 1. The number of hydrogen-bond acceptors (Lipinski definition) is 3. The molecule has 0 aliphatic carbocycles. The quantitative estimate of drug-likeness (QED) is 0.691. The fourth-order valence-corrected chi connectivity index (χ4v) is 2.70. The Morgan fingerprint density at radius 2 is 1.94 bits per heavy atom. The molecule has 0 amide bonds. The van der Waals surface area contributed by atoms with Gasteiger partial charge in [-0.1, -0.05) is 45.4 Å². The molecule has 0 saturated heterocycles. The zero-order valence-electron chi connectivity index (χ0n) is 10.4. The number of rotatable bonds is 8. The number of aromatic nitrogens is 1. The van der Waals surface area contributed by atoms with Gasteiger partial charge in [-0.15, -0.1) is 11.3 Å². The number of nitrogens with zero attached hydrogens (tertiary/aromatic N) is 1. The molecule has 1 atom stereocenters. The Morgan fingerprint density at radius 1 is 1.25 bits per heavy atom. The highest BCUT2D eigenvalue weighted by Gasteiger charge is 2.11. The minimum absolute atomic E-state index is 0.293. The molecule has 1 aromatic rings. The van der Waals surface area contributed by atoms with E-state index >= 15 is 0 Å². The SMILES string of the molecule is CCCCCCCCC(O)c1scnc1C. The van der Waals surface area contributed by atoms with Gasteiger partial charge in [-0.05, 0) is 13.3 Å². The van der Waals surface area contributed by atoms with Crippen LogP contribution in [0.1, 0.15) is 68.5 Å². The predicted octanol–water partition coefficient (Wildman–Crippen LogP) is 4.24. The van der Waals surface area contributed by atoms with Crippen molar-refractivity contribution in [3.8, 4) is 0 Å².